The number of nitrogens with zero attached hydrogens (tertiary/aromatic N) is 1. The van der Waals surface area contributed by atoms with Gasteiger partial charge in [-0.3, -0.25) is 0 Å². The van der Waals surface area contributed by atoms with Crippen LogP contribution in [0.3, 0.4) is 0 Å². The Labute approximate surface area is 420 Å². The minimum Gasteiger partial charge on any atom is -0.341 e. The van der Waals surface area contributed by atoms with Gasteiger partial charge in [0.05, 0.1) is 0 Å². The first-order chi connectivity index (χ1) is 34.3. The minimum absolute atomic E-state index is 0.0167. The van der Waals surface area contributed by atoms with Crippen molar-refractivity contribution < 1.29 is 0 Å². The lowest BCUT2D eigenvalue weighted by molar-refractivity contribution is 0.591. The molecule has 0 amide bonds. The van der Waals surface area contributed by atoms with E-state index in [1.165, 1.54) is 132 Å². The van der Waals surface area contributed by atoms with Crippen LogP contribution in [0, 0.1) is 0 Å². The van der Waals surface area contributed by atoms with E-state index in [0.29, 0.717) is 0 Å². The second-order valence-corrected chi connectivity index (χ2v) is 21.6. The fourth-order valence-electron chi connectivity index (χ4n) is 10.8. The average Bonchev–Trinajstić information content (AvgIpc) is 3.72. The molecule has 0 spiro atoms. The molecular formula is C70H63N. The Bertz CT molecular complexity index is 3810. The summed E-state index contributed by atoms with van der Waals surface area (Å²) in [7, 11) is 0. The number of aryl methyl sites for hydroxylation is 1. The highest BCUT2D eigenvalue weighted by atomic mass is 15.0. The molecule has 0 aliphatic rings. The Morgan fingerprint density at radius 2 is 0.732 bits per heavy atom. The van der Waals surface area contributed by atoms with Crippen LogP contribution in [0.15, 0.2) is 206 Å². The molecule has 0 radical (unpaired) electrons. The largest absolute Gasteiger partial charge is 0.341 e. The van der Waals surface area contributed by atoms with Gasteiger partial charge in [0.2, 0.25) is 0 Å². The topological polar surface area (TPSA) is 4.93 Å². The van der Waals surface area contributed by atoms with Gasteiger partial charge < -0.3 is 4.57 Å². The monoisotopic (exact) mass is 917 g/mol. The molecule has 1 nitrogen and oxygen atoms in total. The Kier molecular flexibility index (Phi) is 11.5. The predicted octanol–water partition coefficient (Wildman–Crippen LogP) is 20.1. The van der Waals surface area contributed by atoms with E-state index in [4.69, 9.17) is 0 Å². The first-order valence-electron chi connectivity index (χ1n) is 25.5. The van der Waals surface area contributed by atoms with Crippen LogP contribution >= 0.6 is 0 Å². The lowest BCUT2D eigenvalue weighted by atomic mass is 9.80. The predicted molar refractivity (Wildman–Crippen MR) is 309 cm³/mol. The van der Waals surface area contributed by atoms with E-state index in [-0.39, 0.29) is 10.8 Å². The van der Waals surface area contributed by atoms with Crippen molar-refractivity contribution in [3.63, 3.8) is 0 Å². The van der Waals surface area contributed by atoms with Crippen LogP contribution in [-0.2, 0) is 17.4 Å². The number of allylic oxidation sites excluding steroid dienone is 2. The van der Waals surface area contributed by atoms with Crippen LogP contribution in [0.25, 0.3) is 116 Å². The number of rotatable bonds is 8. The Balaban J connectivity index is 0.985. The summed E-state index contributed by atoms with van der Waals surface area (Å²) in [4.78, 5) is 0. The summed E-state index contributed by atoms with van der Waals surface area (Å²) in [5.74, 6) is 0. The van der Waals surface area contributed by atoms with Crippen molar-refractivity contribution in [1.29, 1.82) is 0 Å². The molecule has 71 heavy (non-hydrogen) atoms. The van der Waals surface area contributed by atoms with Gasteiger partial charge in [-0.05, 0) is 179 Å². The zero-order valence-electron chi connectivity index (χ0n) is 42.8. The molecule has 0 fully saturated rings. The minimum atomic E-state index is -0.0167. The summed E-state index contributed by atoms with van der Waals surface area (Å²) in [6.45, 7) is 21.4. The maximum absolute atomic E-state index is 2.47. The van der Waals surface area contributed by atoms with Gasteiger partial charge in [0.25, 0.3) is 0 Å². The van der Waals surface area contributed by atoms with Gasteiger partial charge in [-0.15, -0.1) is 0 Å². The van der Waals surface area contributed by atoms with E-state index >= 15 is 0 Å². The molecule has 1 heterocycles. The summed E-state index contributed by atoms with van der Waals surface area (Å²) in [6.07, 6.45) is 2.22. The summed E-state index contributed by atoms with van der Waals surface area (Å²) in [6, 6.07) is 75.6. The van der Waals surface area contributed by atoms with Gasteiger partial charge in [0.15, 0.2) is 0 Å². The number of aromatic nitrogens is 1. The van der Waals surface area contributed by atoms with Gasteiger partial charge in [0, 0.05) is 28.4 Å². The first kappa shape index (κ1) is 45.7. The molecule has 0 saturated heterocycles. The molecule has 0 aliphatic heterocycles. The molecule has 10 aromatic carbocycles. The third-order valence-corrected chi connectivity index (χ3v) is 15.1. The normalized spacial score (nSPS) is 12.4. The second kappa shape index (κ2) is 17.9. The fourth-order valence-corrected chi connectivity index (χ4v) is 10.8. The third kappa shape index (κ3) is 8.38. The molecule has 1 heteroatoms. The van der Waals surface area contributed by atoms with E-state index in [2.05, 4.69) is 273 Å². The van der Waals surface area contributed by atoms with Crippen LogP contribution in [0.1, 0.15) is 79.0 Å². The average molecular weight is 918 g/mol. The maximum atomic E-state index is 2.47. The van der Waals surface area contributed by atoms with Crippen molar-refractivity contribution in [2.75, 3.05) is 0 Å². The van der Waals surface area contributed by atoms with E-state index in [1.54, 1.807) is 0 Å². The Morgan fingerprint density at radius 1 is 0.366 bits per heavy atom. The first-order valence-corrected chi connectivity index (χ1v) is 25.5. The summed E-state index contributed by atoms with van der Waals surface area (Å²) in [5, 5.41) is 7.73. The highest BCUT2D eigenvalue weighted by Crippen LogP contribution is 2.47. The molecule has 0 bridgehead atoms. The maximum Gasteiger partial charge on any atom is 0.0491 e. The van der Waals surface area contributed by atoms with Crippen molar-refractivity contribution in [2.24, 2.45) is 0 Å². The lowest BCUT2D eigenvalue weighted by Gasteiger charge is -2.23. The van der Waals surface area contributed by atoms with E-state index < -0.39 is 0 Å². The van der Waals surface area contributed by atoms with Crippen molar-refractivity contribution in [3.8, 4) is 66.8 Å². The van der Waals surface area contributed by atoms with Crippen molar-refractivity contribution in [1.82, 2.24) is 4.57 Å². The van der Waals surface area contributed by atoms with Crippen LogP contribution in [-0.4, -0.2) is 4.57 Å². The molecule has 0 atom stereocenters. The molecule has 0 aliphatic carbocycles. The highest BCUT2D eigenvalue weighted by molar-refractivity contribution is 6.22. The van der Waals surface area contributed by atoms with Crippen LogP contribution in [0.2, 0.25) is 0 Å². The summed E-state index contributed by atoms with van der Waals surface area (Å²) < 4.78 is 2.45. The zero-order chi connectivity index (χ0) is 49.2. The van der Waals surface area contributed by atoms with Crippen molar-refractivity contribution >= 4 is 48.9 Å². The van der Waals surface area contributed by atoms with Gasteiger partial charge in [-0.1, -0.05) is 211 Å². The molecule has 0 N–H and O–H groups in total. The van der Waals surface area contributed by atoms with Crippen LogP contribution in [0.4, 0.5) is 0 Å². The van der Waals surface area contributed by atoms with Crippen molar-refractivity contribution in [2.45, 2.75) is 79.7 Å². The number of fused-ring (bicyclic) bond motifs is 5. The smallest absolute Gasteiger partial charge is 0.0491 e. The van der Waals surface area contributed by atoms with E-state index in [9.17, 15) is 0 Å². The molecule has 0 unspecified atom stereocenters. The molecule has 1 aromatic heterocycles. The highest BCUT2D eigenvalue weighted by Gasteiger charge is 2.22. The molecule has 11 rings (SSSR count). The fraction of sp³-hybridized carbons (Fsp3) is 0.171. The molecular weight excluding hydrogens is 855 g/mol. The number of hydrogen-bond donors (Lipinski definition) is 0. The van der Waals surface area contributed by atoms with Gasteiger partial charge in [-0.2, -0.15) is 0 Å². The Morgan fingerprint density at radius 3 is 1.20 bits per heavy atom. The standard InChI is InChI=1S/C70H63N/c1-10-45(3)55-33-37-59-63(41-55)67(53-29-25-50(26-30-53)48-19-17-47(18-20-48)46-15-13-12-14-16-46)60-38-35-57(69(4,5)6)44-64(60)68(59)54-31-27-51(28-32-54)49-21-23-52(24-22-49)56-34-39-65-61(42-56)62-43-58(70(7,8)9)36-40-66(62)71(65)11-2/h10,12-44H,11H2,1-9H3/b45-10+. The molecule has 0 saturated carbocycles. The summed E-state index contributed by atoms with van der Waals surface area (Å²) >= 11 is 0. The summed E-state index contributed by atoms with van der Waals surface area (Å²) in [5.41, 5.74) is 22.6. The quantitative estimate of drug-likeness (QED) is 0.134. The lowest BCUT2D eigenvalue weighted by Crippen LogP contribution is -2.10. The van der Waals surface area contributed by atoms with Crippen LogP contribution < -0.4 is 0 Å². The van der Waals surface area contributed by atoms with Crippen LogP contribution in [0.5, 0.6) is 0 Å². The Hall–Kier alpha value is -7.74. The molecule has 11 aromatic rings. The van der Waals surface area contributed by atoms with E-state index in [0.717, 1.165) is 6.54 Å². The van der Waals surface area contributed by atoms with Crippen molar-refractivity contribution in [3.05, 3.63) is 223 Å². The molecule has 348 valence electrons. The second-order valence-electron chi connectivity index (χ2n) is 21.6. The third-order valence-electron chi connectivity index (χ3n) is 15.1. The van der Waals surface area contributed by atoms with Gasteiger partial charge in [-0.25, -0.2) is 0 Å². The number of benzene rings is 10. The number of hydrogen-bond acceptors (Lipinski definition) is 0. The van der Waals surface area contributed by atoms with Gasteiger partial charge >= 0.3 is 0 Å². The SMILES string of the molecule is C/C=C(\C)c1ccc2c(-c3ccc(-c4ccc(-c5ccc6c(c5)c5cc(C(C)(C)C)ccc5n6CC)cc4)cc3)c3cc(C(C)(C)C)ccc3c(-c3ccc(-c4ccc(-c5ccccc5)cc4)cc3)c2c1. The van der Waals surface area contributed by atoms with Gasteiger partial charge in [0.1, 0.15) is 0 Å². The zero-order valence-corrected chi connectivity index (χ0v) is 42.8. The van der Waals surface area contributed by atoms with E-state index in [1.807, 2.05) is 0 Å².